The number of rotatable bonds is 11. The van der Waals surface area contributed by atoms with Crippen LogP contribution in [0.1, 0.15) is 66.8 Å². The average molecular weight is 662 g/mol. The predicted molar refractivity (Wildman–Crippen MR) is 178 cm³/mol. The quantitative estimate of drug-likeness (QED) is 0.255. The van der Waals surface area contributed by atoms with Crippen LogP contribution in [0.2, 0.25) is 0 Å². The van der Waals surface area contributed by atoms with Gasteiger partial charge in [0.25, 0.3) is 0 Å². The number of ether oxygens (including phenoxy) is 1. The van der Waals surface area contributed by atoms with E-state index in [0.29, 0.717) is 13.0 Å². The van der Waals surface area contributed by atoms with Crippen LogP contribution in [0.15, 0.2) is 53.6 Å². The van der Waals surface area contributed by atoms with Gasteiger partial charge < -0.3 is 15.0 Å². The molecule has 0 saturated carbocycles. The van der Waals surface area contributed by atoms with Crippen molar-refractivity contribution in [3.05, 3.63) is 76.5 Å². The fourth-order valence-corrected chi connectivity index (χ4v) is 7.46. The number of sulfonamides is 1. The Morgan fingerprint density at radius 2 is 1.91 bits per heavy atom. The van der Waals surface area contributed by atoms with E-state index < -0.39 is 10.0 Å². The van der Waals surface area contributed by atoms with Crippen LogP contribution in [0.25, 0.3) is 11.0 Å². The molecule has 1 unspecified atom stereocenters. The summed E-state index contributed by atoms with van der Waals surface area (Å²) in [6.07, 6.45) is 2.12. The lowest BCUT2D eigenvalue weighted by atomic mass is 9.84. The molecule has 0 spiro atoms. The molecule has 47 heavy (non-hydrogen) atoms. The lowest BCUT2D eigenvalue weighted by Gasteiger charge is -2.25. The van der Waals surface area contributed by atoms with E-state index in [4.69, 9.17) is 4.74 Å². The van der Waals surface area contributed by atoms with E-state index in [2.05, 4.69) is 20.6 Å². The molecule has 0 radical (unpaired) electrons. The molecule has 0 bridgehead atoms. The molecule has 1 aliphatic heterocycles. The molecule has 2 amide bonds. The highest BCUT2D eigenvalue weighted by molar-refractivity contribution is 7.89. The lowest BCUT2D eigenvalue weighted by Crippen LogP contribution is -2.36. The summed E-state index contributed by atoms with van der Waals surface area (Å²) in [6.45, 7) is 9.13. The third-order valence-corrected chi connectivity index (χ3v) is 10.6. The van der Waals surface area contributed by atoms with Crippen molar-refractivity contribution in [2.75, 3.05) is 27.2 Å². The molecular weight excluding hydrogens is 618 g/mol. The normalized spacial score (nSPS) is 16.6. The van der Waals surface area contributed by atoms with Crippen LogP contribution in [-0.4, -0.2) is 82.7 Å². The topological polar surface area (TPSA) is 140 Å². The second kappa shape index (κ2) is 14.2. The first-order valence-corrected chi connectivity index (χ1v) is 17.4. The zero-order valence-corrected chi connectivity index (χ0v) is 28.7. The van der Waals surface area contributed by atoms with Crippen LogP contribution in [0.4, 0.5) is 0 Å². The Labute approximate surface area is 276 Å². The Bertz CT molecular complexity index is 1890. The fourth-order valence-electron chi connectivity index (χ4n) is 5.94. The zero-order valence-electron chi connectivity index (χ0n) is 27.9. The number of aryl methyl sites for hydroxylation is 3. The number of fused-ring (bicyclic) bond motifs is 2. The van der Waals surface area contributed by atoms with Gasteiger partial charge in [0.2, 0.25) is 27.7 Å². The van der Waals surface area contributed by atoms with E-state index in [1.54, 1.807) is 20.2 Å². The lowest BCUT2D eigenvalue weighted by molar-refractivity contribution is -0.128. The highest BCUT2D eigenvalue weighted by atomic mass is 32.2. The molecule has 2 aromatic heterocycles. The Morgan fingerprint density at radius 3 is 2.64 bits per heavy atom. The van der Waals surface area contributed by atoms with Gasteiger partial charge in [0.15, 0.2) is 0 Å². The van der Waals surface area contributed by atoms with Crippen molar-refractivity contribution in [1.82, 2.24) is 34.5 Å². The van der Waals surface area contributed by atoms with Gasteiger partial charge in [0, 0.05) is 58.7 Å². The van der Waals surface area contributed by atoms with Crippen LogP contribution in [-0.2, 0) is 32.7 Å². The zero-order chi connectivity index (χ0) is 33.9. The molecule has 1 aliphatic rings. The summed E-state index contributed by atoms with van der Waals surface area (Å²) in [6, 6.07) is 13.1. The van der Waals surface area contributed by atoms with E-state index in [0.717, 1.165) is 38.9 Å². The molecule has 0 fully saturated rings. The highest BCUT2D eigenvalue weighted by Crippen LogP contribution is 2.36. The molecule has 250 valence electrons. The minimum Gasteiger partial charge on any atom is -0.472 e. The SMILES string of the molecule is CC[C@@H]1CN(Cc2cc(C(CC(=O)NCCC(=O)N(C)C)c3ccc4c(nnn4CC)c3C)ccc2C)S(=O)(=O)c2cccnc2O1. The second-order valence-electron chi connectivity index (χ2n) is 12.1. The van der Waals surface area contributed by atoms with Crippen LogP contribution in [0, 0.1) is 13.8 Å². The van der Waals surface area contributed by atoms with Crippen LogP contribution < -0.4 is 10.1 Å². The standard InChI is InChI=1S/C34H43N7O5S/c1-7-26-21-40(47(44,45)30-10-9-16-36-34(30)46-26)20-25-18-24(12-11-22(25)3)28(19-31(42)35-17-15-32(43)39(5)6)27-13-14-29-33(23(27)4)37-38-41(29)8-2/h9-14,16,18,26,28H,7-8,15,17,19-21H2,1-6H3,(H,35,42)/t26-,28?/m1/s1. The van der Waals surface area contributed by atoms with Gasteiger partial charge >= 0.3 is 0 Å². The number of pyridine rings is 1. The number of nitrogens with zero attached hydrogens (tertiary/aromatic N) is 6. The number of hydrogen-bond acceptors (Lipinski definition) is 8. The number of carbonyl (C=O) groups is 2. The fraction of sp³-hybridized carbons (Fsp3) is 0.441. The maximum absolute atomic E-state index is 13.9. The summed E-state index contributed by atoms with van der Waals surface area (Å²) < 4.78 is 37.1. The van der Waals surface area contributed by atoms with Crippen molar-refractivity contribution in [2.45, 2.75) is 77.0 Å². The number of amides is 2. The molecule has 5 rings (SSSR count). The van der Waals surface area contributed by atoms with E-state index in [9.17, 15) is 18.0 Å². The summed E-state index contributed by atoms with van der Waals surface area (Å²) in [4.78, 5) is 31.2. The summed E-state index contributed by atoms with van der Waals surface area (Å²) in [5.74, 6) is -0.505. The van der Waals surface area contributed by atoms with Crippen LogP contribution in [0.3, 0.4) is 0 Å². The largest absolute Gasteiger partial charge is 0.472 e. The minimum atomic E-state index is -3.90. The van der Waals surface area contributed by atoms with Gasteiger partial charge in [-0.3, -0.25) is 9.59 Å². The molecule has 2 aromatic carbocycles. The van der Waals surface area contributed by atoms with E-state index in [-0.39, 0.29) is 67.1 Å². The van der Waals surface area contributed by atoms with Crippen molar-refractivity contribution in [1.29, 1.82) is 0 Å². The second-order valence-corrected chi connectivity index (χ2v) is 14.0. The molecule has 0 aliphatic carbocycles. The Balaban J connectivity index is 1.51. The van der Waals surface area contributed by atoms with Gasteiger partial charge in [-0.15, -0.1) is 5.10 Å². The minimum absolute atomic E-state index is 0.0520. The van der Waals surface area contributed by atoms with Gasteiger partial charge in [-0.2, -0.15) is 4.31 Å². The first-order chi connectivity index (χ1) is 22.4. The van der Waals surface area contributed by atoms with E-state index in [1.165, 1.54) is 21.5 Å². The number of aromatic nitrogens is 4. The smallest absolute Gasteiger partial charge is 0.248 e. The Morgan fingerprint density at radius 1 is 1.13 bits per heavy atom. The van der Waals surface area contributed by atoms with Gasteiger partial charge in [0.1, 0.15) is 16.5 Å². The number of hydrogen-bond donors (Lipinski definition) is 1. The summed E-state index contributed by atoms with van der Waals surface area (Å²) in [7, 11) is -0.533. The summed E-state index contributed by atoms with van der Waals surface area (Å²) in [5, 5.41) is 11.6. The third-order valence-electron chi connectivity index (χ3n) is 8.82. The number of benzene rings is 2. The molecule has 12 nitrogen and oxygen atoms in total. The number of nitrogens with one attached hydrogen (secondary N) is 1. The maximum atomic E-state index is 13.9. The first-order valence-electron chi connectivity index (χ1n) is 15.9. The van der Waals surface area contributed by atoms with Crippen molar-refractivity contribution in [2.24, 2.45) is 0 Å². The molecule has 13 heteroatoms. The van der Waals surface area contributed by atoms with Crippen LogP contribution in [0.5, 0.6) is 5.88 Å². The Kier molecular flexibility index (Phi) is 10.3. The molecular formula is C34H43N7O5S. The Hall–Kier alpha value is -4.36. The summed E-state index contributed by atoms with van der Waals surface area (Å²) >= 11 is 0. The van der Waals surface area contributed by atoms with Crippen molar-refractivity contribution < 1.29 is 22.7 Å². The molecule has 1 N–H and O–H groups in total. The highest BCUT2D eigenvalue weighted by Gasteiger charge is 2.35. The van der Waals surface area contributed by atoms with E-state index in [1.807, 2.05) is 62.7 Å². The van der Waals surface area contributed by atoms with Gasteiger partial charge in [-0.05, 0) is 73.2 Å². The van der Waals surface area contributed by atoms with Crippen LogP contribution >= 0.6 is 0 Å². The average Bonchev–Trinajstić information content (AvgIpc) is 3.44. The van der Waals surface area contributed by atoms with Crippen molar-refractivity contribution in [3.63, 3.8) is 0 Å². The van der Waals surface area contributed by atoms with Gasteiger partial charge in [-0.1, -0.05) is 36.4 Å². The van der Waals surface area contributed by atoms with Gasteiger partial charge in [0.05, 0.1) is 12.1 Å². The third kappa shape index (κ3) is 7.15. The molecule has 0 saturated heterocycles. The van der Waals surface area contributed by atoms with E-state index >= 15 is 0 Å². The molecule has 4 aromatic rings. The van der Waals surface area contributed by atoms with Crippen molar-refractivity contribution >= 4 is 32.9 Å². The maximum Gasteiger partial charge on any atom is 0.248 e. The summed E-state index contributed by atoms with van der Waals surface area (Å²) in [5.41, 5.74) is 6.16. The van der Waals surface area contributed by atoms with Crippen molar-refractivity contribution in [3.8, 4) is 5.88 Å². The van der Waals surface area contributed by atoms with Gasteiger partial charge in [-0.25, -0.2) is 18.1 Å². The number of carbonyl (C=O) groups excluding carboxylic acids is 2. The monoisotopic (exact) mass is 661 g/mol. The molecule has 2 atom stereocenters. The first kappa shape index (κ1) is 34.0. The predicted octanol–water partition coefficient (Wildman–Crippen LogP) is 3.94. The molecule has 3 heterocycles.